The zero-order valence-corrected chi connectivity index (χ0v) is 8.43. The highest BCUT2D eigenvalue weighted by Crippen LogP contribution is 2.24. The number of pyridine rings is 1. The van der Waals surface area contributed by atoms with Crippen molar-refractivity contribution in [2.45, 2.75) is 0 Å². The van der Waals surface area contributed by atoms with E-state index in [-0.39, 0.29) is 5.56 Å². The number of halogens is 1. The molecule has 74 valence electrons. The Morgan fingerprint density at radius 3 is 2.87 bits per heavy atom. The lowest BCUT2D eigenvalue weighted by molar-refractivity contribution is 1.28. The fourth-order valence-electron chi connectivity index (χ4n) is 1.83. The second kappa shape index (κ2) is 2.87. The number of benzene rings is 1. The molecule has 3 rings (SSSR count). The molecule has 0 aliphatic carbocycles. The van der Waals surface area contributed by atoms with E-state index in [0.29, 0.717) is 10.4 Å². The van der Waals surface area contributed by atoms with Crippen molar-refractivity contribution in [1.29, 1.82) is 0 Å². The van der Waals surface area contributed by atoms with Crippen LogP contribution in [0.3, 0.4) is 0 Å². The van der Waals surface area contributed by atoms with Gasteiger partial charge >= 0.3 is 0 Å². The third-order valence-electron chi connectivity index (χ3n) is 2.48. The summed E-state index contributed by atoms with van der Waals surface area (Å²) in [4.78, 5) is 17.4. The lowest BCUT2D eigenvalue weighted by atomic mass is 10.2. The largest absolute Gasteiger partial charge is 0.354 e. The van der Waals surface area contributed by atoms with Crippen LogP contribution in [0.2, 0.25) is 5.02 Å². The maximum absolute atomic E-state index is 11.6. The van der Waals surface area contributed by atoms with Crippen LogP contribution < -0.4 is 5.56 Å². The van der Waals surface area contributed by atoms with Crippen molar-refractivity contribution >= 4 is 33.4 Å². The number of aromatic amines is 2. The molecule has 0 atom stereocenters. The van der Waals surface area contributed by atoms with E-state index in [2.05, 4.69) is 9.97 Å². The Hall–Kier alpha value is -1.74. The van der Waals surface area contributed by atoms with Crippen LogP contribution in [-0.2, 0) is 0 Å². The van der Waals surface area contributed by atoms with E-state index in [1.807, 2.05) is 18.2 Å². The average Bonchev–Trinajstić information content (AvgIpc) is 2.56. The second-order valence-electron chi connectivity index (χ2n) is 3.41. The van der Waals surface area contributed by atoms with Crippen molar-refractivity contribution in [3.8, 4) is 0 Å². The monoisotopic (exact) mass is 218 g/mol. The van der Waals surface area contributed by atoms with Crippen LogP contribution in [0.25, 0.3) is 21.8 Å². The Labute approximate surface area is 89.7 Å². The summed E-state index contributed by atoms with van der Waals surface area (Å²) in [6.07, 6.45) is 1.63. The second-order valence-corrected chi connectivity index (χ2v) is 3.85. The molecule has 0 radical (unpaired) electrons. The Bertz CT molecular complexity index is 711. The SMILES string of the molecule is O=c1[nH]ccc2[nH]c3cc(Cl)ccc3c12. The van der Waals surface area contributed by atoms with Gasteiger partial charge in [0.2, 0.25) is 0 Å². The average molecular weight is 219 g/mol. The highest BCUT2D eigenvalue weighted by atomic mass is 35.5. The van der Waals surface area contributed by atoms with E-state index in [1.54, 1.807) is 12.3 Å². The number of hydrogen-bond donors (Lipinski definition) is 2. The number of H-pyrrole nitrogens is 2. The molecule has 0 saturated heterocycles. The Kier molecular flexibility index (Phi) is 1.64. The number of nitrogens with one attached hydrogen (secondary N) is 2. The van der Waals surface area contributed by atoms with E-state index in [0.717, 1.165) is 16.4 Å². The van der Waals surface area contributed by atoms with E-state index in [4.69, 9.17) is 11.6 Å². The number of hydrogen-bond acceptors (Lipinski definition) is 1. The summed E-state index contributed by atoms with van der Waals surface area (Å²) in [5.41, 5.74) is 1.63. The van der Waals surface area contributed by atoms with Crippen molar-refractivity contribution in [1.82, 2.24) is 9.97 Å². The van der Waals surface area contributed by atoms with Crippen LogP contribution in [-0.4, -0.2) is 9.97 Å². The molecule has 1 aromatic carbocycles. The molecule has 3 nitrogen and oxygen atoms in total. The van der Waals surface area contributed by atoms with Gasteiger partial charge in [0.15, 0.2) is 0 Å². The molecule has 0 saturated carbocycles. The van der Waals surface area contributed by atoms with Gasteiger partial charge in [0, 0.05) is 22.1 Å². The number of rotatable bonds is 0. The van der Waals surface area contributed by atoms with E-state index >= 15 is 0 Å². The van der Waals surface area contributed by atoms with Crippen molar-refractivity contribution < 1.29 is 0 Å². The highest BCUT2D eigenvalue weighted by molar-refractivity contribution is 6.31. The minimum atomic E-state index is -0.0823. The normalized spacial score (nSPS) is 11.3. The first-order chi connectivity index (χ1) is 7.25. The minimum absolute atomic E-state index is 0.0823. The molecule has 15 heavy (non-hydrogen) atoms. The zero-order chi connectivity index (χ0) is 10.4. The van der Waals surface area contributed by atoms with Crippen molar-refractivity contribution in [2.24, 2.45) is 0 Å². The van der Waals surface area contributed by atoms with Crippen molar-refractivity contribution in [3.05, 3.63) is 45.8 Å². The summed E-state index contributed by atoms with van der Waals surface area (Å²) in [5.74, 6) is 0. The lowest BCUT2D eigenvalue weighted by Gasteiger charge is -1.90. The van der Waals surface area contributed by atoms with Crippen LogP contribution in [0.5, 0.6) is 0 Å². The summed E-state index contributed by atoms with van der Waals surface area (Å²) in [5, 5.41) is 2.24. The predicted octanol–water partition coefficient (Wildman–Crippen LogP) is 2.66. The molecule has 3 aromatic rings. The van der Waals surface area contributed by atoms with Gasteiger partial charge in [0.1, 0.15) is 0 Å². The molecule has 2 heterocycles. The van der Waals surface area contributed by atoms with Gasteiger partial charge in [-0.2, -0.15) is 0 Å². The first kappa shape index (κ1) is 8.56. The molecule has 0 amide bonds. The molecular formula is C11H7ClN2O. The molecule has 0 aliphatic heterocycles. The van der Waals surface area contributed by atoms with E-state index in [1.165, 1.54) is 0 Å². The molecule has 2 aromatic heterocycles. The molecule has 0 spiro atoms. The van der Waals surface area contributed by atoms with Gasteiger partial charge in [0.05, 0.1) is 10.9 Å². The van der Waals surface area contributed by atoms with Gasteiger partial charge in [-0.05, 0) is 18.2 Å². The van der Waals surface area contributed by atoms with Gasteiger partial charge in [-0.3, -0.25) is 4.79 Å². The topological polar surface area (TPSA) is 48.6 Å². The first-order valence-corrected chi connectivity index (χ1v) is 4.92. The Balaban J connectivity index is 2.65. The van der Waals surface area contributed by atoms with Gasteiger partial charge in [0.25, 0.3) is 5.56 Å². The molecule has 0 aliphatic rings. The van der Waals surface area contributed by atoms with Gasteiger partial charge < -0.3 is 9.97 Å². The Morgan fingerprint density at radius 2 is 2.00 bits per heavy atom. The summed E-state index contributed by atoms with van der Waals surface area (Å²) >= 11 is 5.88. The van der Waals surface area contributed by atoms with Crippen LogP contribution in [0, 0.1) is 0 Å². The maximum atomic E-state index is 11.6. The standard InChI is InChI=1S/C11H7ClN2O/c12-6-1-2-7-9(5-6)14-8-3-4-13-11(15)10(7)8/h1-5,14H,(H,13,15). The summed E-state index contributed by atoms with van der Waals surface area (Å²) in [6, 6.07) is 7.29. The molecule has 4 heteroatoms. The van der Waals surface area contributed by atoms with Crippen molar-refractivity contribution in [2.75, 3.05) is 0 Å². The minimum Gasteiger partial charge on any atom is -0.354 e. The van der Waals surface area contributed by atoms with Crippen LogP contribution in [0.1, 0.15) is 0 Å². The third kappa shape index (κ3) is 1.17. The van der Waals surface area contributed by atoms with Crippen LogP contribution >= 0.6 is 11.6 Å². The summed E-state index contributed by atoms with van der Waals surface area (Å²) in [6.45, 7) is 0. The number of fused-ring (bicyclic) bond motifs is 3. The fraction of sp³-hybridized carbons (Fsp3) is 0. The van der Waals surface area contributed by atoms with E-state index < -0.39 is 0 Å². The summed E-state index contributed by atoms with van der Waals surface area (Å²) in [7, 11) is 0. The lowest BCUT2D eigenvalue weighted by Crippen LogP contribution is -2.02. The fourth-order valence-corrected chi connectivity index (χ4v) is 2.01. The van der Waals surface area contributed by atoms with Gasteiger partial charge in [-0.25, -0.2) is 0 Å². The molecule has 0 bridgehead atoms. The quantitative estimate of drug-likeness (QED) is 0.599. The summed E-state index contributed by atoms with van der Waals surface area (Å²) < 4.78 is 0. The Morgan fingerprint density at radius 1 is 1.13 bits per heavy atom. The number of aromatic nitrogens is 2. The smallest absolute Gasteiger partial charge is 0.258 e. The third-order valence-corrected chi connectivity index (χ3v) is 2.72. The molecular weight excluding hydrogens is 212 g/mol. The van der Waals surface area contributed by atoms with Gasteiger partial charge in [-0.15, -0.1) is 0 Å². The van der Waals surface area contributed by atoms with E-state index in [9.17, 15) is 4.79 Å². The molecule has 0 fully saturated rings. The predicted molar refractivity (Wildman–Crippen MR) is 61.4 cm³/mol. The van der Waals surface area contributed by atoms with Crippen LogP contribution in [0.15, 0.2) is 35.3 Å². The zero-order valence-electron chi connectivity index (χ0n) is 7.67. The molecule has 0 unspecified atom stereocenters. The highest BCUT2D eigenvalue weighted by Gasteiger charge is 2.06. The van der Waals surface area contributed by atoms with Crippen LogP contribution in [0.4, 0.5) is 0 Å². The first-order valence-electron chi connectivity index (χ1n) is 4.54. The van der Waals surface area contributed by atoms with Gasteiger partial charge in [-0.1, -0.05) is 17.7 Å². The maximum Gasteiger partial charge on any atom is 0.258 e. The van der Waals surface area contributed by atoms with Crippen molar-refractivity contribution in [3.63, 3.8) is 0 Å². The molecule has 2 N–H and O–H groups in total.